The number of nitrogens with zero attached hydrogens (tertiary/aromatic N) is 10. The number of benzene rings is 9. The van der Waals surface area contributed by atoms with Gasteiger partial charge in [-0.05, 0) is 230 Å². The fourth-order valence-electron chi connectivity index (χ4n) is 12.8. The SMILES string of the molecule is CCCS(=O)(=O)Nc1ccc(F)c(SC2=NCc3ncc(-c4ccc(Cl)cc4)cc32)c1F.CCCS(=O)(=O)Nc1ccc(F)c(Sc2nn(Cc3ccc(OC)cc3)c3ncc(-c4ccc(Cl)cc4)cc23)c1F.COc1ccc(CCl)cc1.COc1ccc(Cn2nc(I)c3cc(-c4ccc(Cl)cc4)cnc32)cc1.Clc1ccc(-c2cnc3c(c2)C(I)=NC3)cc1. The second-order valence-corrected chi connectivity index (χ2v) is 37.7. The predicted octanol–water partition coefficient (Wildman–Crippen LogP) is 25.2. The maximum Gasteiger partial charge on any atom is 0.232 e. The van der Waals surface area contributed by atoms with Crippen LogP contribution in [0.25, 0.3) is 66.6 Å². The van der Waals surface area contributed by atoms with Crippen molar-refractivity contribution in [3.8, 4) is 61.8 Å². The van der Waals surface area contributed by atoms with Crippen molar-refractivity contribution < 1.29 is 48.6 Å². The molecule has 2 aliphatic rings. The lowest BCUT2D eigenvalue weighted by Gasteiger charge is -2.12. The first-order chi connectivity index (χ1) is 60.7. The number of nitrogens with one attached hydrogen (secondary N) is 2. The summed E-state index contributed by atoms with van der Waals surface area (Å²) in [5.41, 5.74) is 15.2. The van der Waals surface area contributed by atoms with Crippen LogP contribution in [0.5, 0.6) is 17.2 Å². The molecular formula is C92H75Cl5F4I2N12O7S4. The number of hydrogen-bond acceptors (Lipinski definition) is 17. The Morgan fingerprint density at radius 3 is 1.21 bits per heavy atom. The number of hydrogen-bond donors (Lipinski definition) is 2. The van der Waals surface area contributed by atoms with Crippen molar-refractivity contribution in [2.45, 2.75) is 73.6 Å². The highest BCUT2D eigenvalue weighted by molar-refractivity contribution is 14.1. The number of fused-ring (bicyclic) bond motifs is 4. The zero-order valence-electron chi connectivity index (χ0n) is 67.6. The van der Waals surface area contributed by atoms with Crippen LogP contribution in [0.15, 0.2) is 268 Å². The van der Waals surface area contributed by atoms with Gasteiger partial charge in [0, 0.05) is 84.1 Å². The highest BCUT2D eigenvalue weighted by Gasteiger charge is 2.27. The summed E-state index contributed by atoms with van der Waals surface area (Å²) in [7, 11) is -2.61. The van der Waals surface area contributed by atoms with Crippen LogP contribution in [0.2, 0.25) is 20.1 Å². The number of methoxy groups -OCH3 is 3. The molecule has 0 unspecified atom stereocenters. The van der Waals surface area contributed by atoms with Crippen LogP contribution >= 0.6 is 127 Å². The van der Waals surface area contributed by atoms with Gasteiger partial charge < -0.3 is 14.2 Å². The molecule has 646 valence electrons. The normalized spacial score (nSPS) is 11.9. The first-order valence-electron chi connectivity index (χ1n) is 38.6. The Bertz CT molecular complexity index is 6700. The molecule has 0 saturated carbocycles. The van der Waals surface area contributed by atoms with Gasteiger partial charge in [0.1, 0.15) is 46.4 Å². The molecule has 9 aromatic carbocycles. The molecule has 0 radical (unpaired) electrons. The van der Waals surface area contributed by atoms with Crippen LogP contribution in [0, 0.1) is 27.0 Å². The minimum Gasteiger partial charge on any atom is -0.497 e. The Labute approximate surface area is 786 Å². The van der Waals surface area contributed by atoms with Crippen LogP contribution < -0.4 is 23.7 Å². The maximum absolute atomic E-state index is 15.5. The molecule has 17 rings (SSSR count). The quantitative estimate of drug-likeness (QED) is 0.0344. The number of anilines is 2. The van der Waals surface area contributed by atoms with Gasteiger partial charge in [0.2, 0.25) is 20.0 Å². The molecule has 0 aliphatic carbocycles. The van der Waals surface area contributed by atoms with Crippen molar-refractivity contribution >= 4 is 189 Å². The molecule has 0 spiro atoms. The molecule has 0 atom stereocenters. The highest BCUT2D eigenvalue weighted by atomic mass is 127. The largest absolute Gasteiger partial charge is 0.497 e. The number of aromatic nitrogens is 8. The summed E-state index contributed by atoms with van der Waals surface area (Å²) in [6.07, 6.45) is 7.92. The molecule has 8 heterocycles. The van der Waals surface area contributed by atoms with E-state index in [0.717, 1.165) is 160 Å². The van der Waals surface area contributed by atoms with Crippen LogP contribution in [0.1, 0.15) is 65.9 Å². The number of aliphatic imine (C=N–C) groups is 2. The lowest BCUT2D eigenvalue weighted by Crippen LogP contribution is -2.17. The molecule has 0 amide bonds. The highest BCUT2D eigenvalue weighted by Crippen LogP contribution is 2.42. The average molecular weight is 2100 g/mol. The minimum absolute atomic E-state index is 0.161. The van der Waals surface area contributed by atoms with Gasteiger partial charge in [-0.2, -0.15) is 10.2 Å². The van der Waals surface area contributed by atoms with E-state index in [1.165, 1.54) is 0 Å². The van der Waals surface area contributed by atoms with Gasteiger partial charge in [-0.25, -0.2) is 53.7 Å². The Morgan fingerprint density at radius 2 is 0.794 bits per heavy atom. The van der Waals surface area contributed by atoms with Gasteiger partial charge in [-0.1, -0.05) is 169 Å². The Morgan fingerprint density at radius 1 is 0.429 bits per heavy atom. The van der Waals surface area contributed by atoms with Crippen molar-refractivity contribution in [1.29, 1.82) is 0 Å². The second-order valence-electron chi connectivity index (χ2n) is 28.0. The van der Waals surface area contributed by atoms with E-state index in [1.807, 2.05) is 175 Å². The van der Waals surface area contributed by atoms with Crippen molar-refractivity contribution in [2.75, 3.05) is 42.3 Å². The summed E-state index contributed by atoms with van der Waals surface area (Å²) in [4.78, 5) is 26.3. The van der Waals surface area contributed by atoms with E-state index in [0.29, 0.717) is 93.1 Å². The van der Waals surface area contributed by atoms with E-state index < -0.39 is 43.3 Å². The van der Waals surface area contributed by atoms with E-state index in [1.54, 1.807) is 76.5 Å². The Hall–Kier alpha value is -9.91. The zero-order valence-corrected chi connectivity index (χ0v) is 78.9. The third-order valence-electron chi connectivity index (χ3n) is 19.2. The smallest absolute Gasteiger partial charge is 0.232 e. The summed E-state index contributed by atoms with van der Waals surface area (Å²) in [6, 6.07) is 65.4. The zero-order chi connectivity index (χ0) is 89.3. The van der Waals surface area contributed by atoms with Crippen LogP contribution in [0.4, 0.5) is 28.9 Å². The van der Waals surface area contributed by atoms with Gasteiger partial charge >= 0.3 is 0 Å². The van der Waals surface area contributed by atoms with E-state index in [2.05, 4.69) is 107 Å². The van der Waals surface area contributed by atoms with Crippen LogP contribution in [0.3, 0.4) is 0 Å². The topological polar surface area (TPSA) is 232 Å². The fraction of sp³-hybridized carbons (Fsp3) is 0.152. The molecule has 6 aromatic heterocycles. The fourth-order valence-corrected chi connectivity index (χ4v) is 19.0. The molecular weight excluding hydrogens is 2020 g/mol. The van der Waals surface area contributed by atoms with E-state index in [-0.39, 0.29) is 32.7 Å². The molecule has 0 saturated heterocycles. The standard InChI is InChI=1S/C29H25ClF2N4O3S2.C22H18ClF2N3O2S2.C20H15ClIN3O.C13H8ClIN2.C8H9ClO/c1-3-14-41(37,38)35-25-13-12-24(31)27(26(25)32)40-29-23-15-20(19-6-8-21(30)9-7-19)16-33-28(23)36(34-29)17-18-4-10-22(39-2)11-5-18;1-2-9-32(29,30)28-18-8-7-17(24)21(20(18)25)31-22-16-10-14(11-26-19(16)12-27-22)13-3-5-15(23)6-4-13;1-26-17-8-2-13(3-9-17)12-25-20-18(19(22)24-25)10-15(11-23-20)14-4-6-16(21)7-5-14;14-10-3-1-8(2-4-10)9-5-11-12(16-6-9)7-17-13(11)15;1-10-8-4-2-7(6-9)3-5-8/h4-13,15-16,35H,3,14,17H2,1-2H3;3-8,10-11,28H,2,9,12H2,1H3;2-11H,12H2,1H3;1-6H,7H2;2-5H,6H2,1H3. The van der Waals surface area contributed by atoms with E-state index in [9.17, 15) is 25.6 Å². The van der Waals surface area contributed by atoms with Gasteiger partial charge in [-0.3, -0.25) is 29.4 Å². The summed E-state index contributed by atoms with van der Waals surface area (Å²) in [5.74, 6) is -1.01. The number of halogens is 11. The van der Waals surface area contributed by atoms with Crippen molar-refractivity contribution in [3.05, 3.63) is 329 Å². The first kappa shape index (κ1) is 93.7. The summed E-state index contributed by atoms with van der Waals surface area (Å²) < 4.78 is 134. The third-order valence-corrected chi connectivity index (χ3v) is 27.4. The number of alkyl halides is 1. The Kier molecular flexibility index (Phi) is 32.2. The molecule has 0 bridgehead atoms. The summed E-state index contributed by atoms with van der Waals surface area (Å²) in [6.45, 7) is 5.40. The van der Waals surface area contributed by atoms with Gasteiger partial charge in [0.25, 0.3) is 0 Å². The maximum atomic E-state index is 15.5. The summed E-state index contributed by atoms with van der Waals surface area (Å²) in [5, 5.41) is 14.4. The van der Waals surface area contributed by atoms with E-state index in [4.69, 9.17) is 72.2 Å². The van der Waals surface area contributed by atoms with Gasteiger partial charge in [0.05, 0.1) is 102 Å². The summed E-state index contributed by atoms with van der Waals surface area (Å²) >= 11 is 35.5. The monoisotopic (exact) mass is 2090 g/mol. The number of rotatable bonds is 23. The molecule has 2 aliphatic heterocycles. The molecule has 34 heteroatoms. The number of ether oxygens (including phenoxy) is 3. The van der Waals surface area contributed by atoms with Crippen LogP contribution in [-0.2, 0) is 52.1 Å². The average Bonchev–Trinajstić information content (AvgIpc) is 1.61. The number of pyridine rings is 4. The minimum atomic E-state index is -3.79. The Balaban J connectivity index is 0.000000143. The first-order valence-corrected chi connectivity index (χ1v) is 47.8. The van der Waals surface area contributed by atoms with Crippen molar-refractivity contribution in [1.82, 2.24) is 39.5 Å². The second kappa shape index (κ2) is 43.3. The number of thioether (sulfide) groups is 1. The van der Waals surface area contributed by atoms with Crippen molar-refractivity contribution in [2.24, 2.45) is 9.98 Å². The third kappa shape index (κ3) is 24.1. The lowest BCUT2D eigenvalue weighted by atomic mass is 10.1. The molecule has 0 fully saturated rings. The molecule has 19 nitrogen and oxygen atoms in total. The van der Waals surface area contributed by atoms with Gasteiger partial charge in [-0.15, -0.1) is 11.6 Å². The predicted molar refractivity (Wildman–Crippen MR) is 517 cm³/mol. The molecule has 15 aromatic rings. The lowest BCUT2D eigenvalue weighted by molar-refractivity contribution is 0.414. The van der Waals surface area contributed by atoms with Gasteiger partial charge in [0.15, 0.2) is 22.9 Å². The van der Waals surface area contributed by atoms with E-state index >= 15 is 8.78 Å². The number of sulfonamides is 2. The molecule has 126 heavy (non-hydrogen) atoms. The van der Waals surface area contributed by atoms with Crippen LogP contribution in [-0.4, -0.2) is 97.9 Å². The van der Waals surface area contributed by atoms with Crippen molar-refractivity contribution in [3.63, 3.8) is 0 Å². The molecule has 2 N–H and O–H groups in total.